The maximum Gasteiger partial charge on any atom is 0.325 e. The number of rotatable bonds is 3. The van der Waals surface area contributed by atoms with E-state index in [1.807, 2.05) is 17.5 Å². The maximum atomic E-state index is 11.8. The van der Waals surface area contributed by atoms with E-state index < -0.39 is 0 Å². The fourth-order valence-corrected chi connectivity index (χ4v) is 2.44. The molecule has 0 unspecified atom stereocenters. The second-order valence-corrected chi connectivity index (χ2v) is 5.12. The highest BCUT2D eigenvalue weighted by molar-refractivity contribution is 7.14. The Labute approximate surface area is 124 Å². The number of nitrogens with zero attached hydrogens (tertiary/aromatic N) is 4. The number of amides is 2. The van der Waals surface area contributed by atoms with Crippen LogP contribution >= 0.6 is 11.3 Å². The minimum Gasteiger partial charge on any atom is -0.305 e. The number of anilines is 2. The quantitative estimate of drug-likeness (QED) is 0.778. The van der Waals surface area contributed by atoms with Crippen molar-refractivity contribution in [3.8, 4) is 11.3 Å². The van der Waals surface area contributed by atoms with Crippen LogP contribution in [0.3, 0.4) is 0 Å². The van der Waals surface area contributed by atoms with Crippen molar-refractivity contribution < 1.29 is 4.79 Å². The summed E-state index contributed by atoms with van der Waals surface area (Å²) in [5.41, 5.74) is 2.32. The zero-order chi connectivity index (χ0) is 14.7. The summed E-state index contributed by atoms with van der Waals surface area (Å²) in [6, 6.07) is 3.41. The second kappa shape index (κ2) is 5.71. The summed E-state index contributed by atoms with van der Waals surface area (Å²) in [7, 11) is 1.78. The predicted octanol–water partition coefficient (Wildman–Crippen LogP) is 2.58. The molecule has 2 N–H and O–H groups in total. The molecule has 0 aliphatic rings. The number of hydrogen-bond acceptors (Lipinski definition) is 5. The zero-order valence-electron chi connectivity index (χ0n) is 11.1. The van der Waals surface area contributed by atoms with Gasteiger partial charge in [0.05, 0.1) is 17.6 Å². The van der Waals surface area contributed by atoms with Gasteiger partial charge in [0.15, 0.2) is 5.13 Å². The molecular weight excluding hydrogens is 288 g/mol. The third kappa shape index (κ3) is 3.23. The SMILES string of the molecule is Cn1cc(NC(=O)Nc2nc(-c3cccnc3)cs2)cn1. The molecule has 0 atom stereocenters. The monoisotopic (exact) mass is 300 g/mol. The van der Waals surface area contributed by atoms with Gasteiger partial charge in [0, 0.05) is 36.6 Å². The van der Waals surface area contributed by atoms with Crippen molar-refractivity contribution in [2.45, 2.75) is 0 Å². The number of pyridine rings is 1. The van der Waals surface area contributed by atoms with Crippen molar-refractivity contribution in [1.82, 2.24) is 19.7 Å². The van der Waals surface area contributed by atoms with Crippen LogP contribution in [0.5, 0.6) is 0 Å². The van der Waals surface area contributed by atoms with Crippen LogP contribution in [-0.4, -0.2) is 25.8 Å². The van der Waals surface area contributed by atoms with Crippen LogP contribution in [0.2, 0.25) is 0 Å². The molecule has 3 aromatic rings. The number of aromatic nitrogens is 4. The van der Waals surface area contributed by atoms with Crippen molar-refractivity contribution in [1.29, 1.82) is 0 Å². The number of thiazole rings is 1. The van der Waals surface area contributed by atoms with E-state index in [2.05, 4.69) is 25.7 Å². The number of carbonyl (C=O) groups excluding carboxylic acids is 1. The third-order valence-electron chi connectivity index (χ3n) is 2.64. The lowest BCUT2D eigenvalue weighted by molar-refractivity contribution is 0.262. The molecule has 0 saturated carbocycles. The van der Waals surface area contributed by atoms with Gasteiger partial charge >= 0.3 is 6.03 Å². The van der Waals surface area contributed by atoms with Gasteiger partial charge in [-0.05, 0) is 12.1 Å². The van der Waals surface area contributed by atoms with E-state index in [-0.39, 0.29) is 6.03 Å². The summed E-state index contributed by atoms with van der Waals surface area (Å²) < 4.78 is 1.61. The molecule has 0 aliphatic carbocycles. The van der Waals surface area contributed by atoms with E-state index >= 15 is 0 Å². The van der Waals surface area contributed by atoms with Crippen molar-refractivity contribution in [2.24, 2.45) is 7.05 Å². The van der Waals surface area contributed by atoms with E-state index in [4.69, 9.17) is 0 Å². The fourth-order valence-electron chi connectivity index (χ4n) is 1.72. The van der Waals surface area contributed by atoms with Gasteiger partial charge in [0.2, 0.25) is 0 Å². The average molecular weight is 300 g/mol. The van der Waals surface area contributed by atoms with Gasteiger partial charge in [0.1, 0.15) is 0 Å². The highest BCUT2D eigenvalue weighted by Gasteiger charge is 2.08. The minimum atomic E-state index is -0.352. The third-order valence-corrected chi connectivity index (χ3v) is 3.40. The Morgan fingerprint density at radius 2 is 2.24 bits per heavy atom. The summed E-state index contributed by atoms with van der Waals surface area (Å²) in [5, 5.41) is 11.7. The van der Waals surface area contributed by atoms with Crippen LogP contribution in [0, 0.1) is 0 Å². The van der Waals surface area contributed by atoms with Crippen LogP contribution in [0.15, 0.2) is 42.3 Å². The van der Waals surface area contributed by atoms with Crippen LogP contribution in [-0.2, 0) is 7.05 Å². The van der Waals surface area contributed by atoms with Gasteiger partial charge in [-0.25, -0.2) is 9.78 Å². The first-order valence-electron chi connectivity index (χ1n) is 6.13. The Balaban J connectivity index is 1.66. The van der Waals surface area contributed by atoms with Gasteiger partial charge < -0.3 is 5.32 Å². The molecule has 2 amide bonds. The molecule has 0 spiro atoms. The predicted molar refractivity (Wildman–Crippen MR) is 81.2 cm³/mol. The van der Waals surface area contributed by atoms with Gasteiger partial charge in [-0.1, -0.05) is 0 Å². The second-order valence-electron chi connectivity index (χ2n) is 4.26. The Bertz CT molecular complexity index is 751. The highest BCUT2D eigenvalue weighted by Crippen LogP contribution is 2.24. The minimum absolute atomic E-state index is 0.352. The van der Waals surface area contributed by atoms with Crippen LogP contribution in [0.1, 0.15) is 0 Å². The molecule has 0 aromatic carbocycles. The van der Waals surface area contributed by atoms with Gasteiger partial charge in [-0.15, -0.1) is 11.3 Å². The topological polar surface area (TPSA) is 84.7 Å². The van der Waals surface area contributed by atoms with Crippen LogP contribution in [0.4, 0.5) is 15.6 Å². The molecule has 0 aliphatic heterocycles. The number of nitrogens with one attached hydrogen (secondary N) is 2. The standard InChI is InChI=1S/C13H12N6OS/c1-19-7-10(6-15-19)16-12(20)18-13-17-11(8-21-13)9-3-2-4-14-5-9/h2-8H,1H3,(H2,16,17,18,20). The summed E-state index contributed by atoms with van der Waals surface area (Å²) in [6.45, 7) is 0. The molecule has 0 saturated heterocycles. The molecule has 106 valence electrons. The first-order valence-corrected chi connectivity index (χ1v) is 7.01. The van der Waals surface area contributed by atoms with Crippen LogP contribution in [0.25, 0.3) is 11.3 Å². The molecule has 3 rings (SSSR count). The molecule has 0 radical (unpaired) electrons. The lowest BCUT2D eigenvalue weighted by atomic mass is 10.2. The van der Waals surface area contributed by atoms with E-state index in [9.17, 15) is 4.79 Å². The number of hydrogen-bond donors (Lipinski definition) is 2. The van der Waals surface area contributed by atoms with Crippen molar-refractivity contribution in [2.75, 3.05) is 10.6 Å². The fraction of sp³-hybridized carbons (Fsp3) is 0.0769. The summed E-state index contributed by atoms with van der Waals surface area (Å²) >= 11 is 1.36. The maximum absolute atomic E-state index is 11.8. The Kier molecular flexibility index (Phi) is 3.61. The van der Waals surface area contributed by atoms with Crippen molar-refractivity contribution in [3.05, 3.63) is 42.3 Å². The molecular formula is C13H12N6OS. The van der Waals surface area contributed by atoms with Crippen LogP contribution < -0.4 is 10.6 Å². The van der Waals surface area contributed by atoms with E-state index in [0.29, 0.717) is 10.8 Å². The molecule has 0 bridgehead atoms. The molecule has 0 fully saturated rings. The van der Waals surface area contributed by atoms with Gasteiger partial charge in [-0.3, -0.25) is 15.0 Å². The molecule has 8 heteroatoms. The molecule has 7 nitrogen and oxygen atoms in total. The van der Waals surface area contributed by atoms with Crippen molar-refractivity contribution in [3.63, 3.8) is 0 Å². The Morgan fingerprint density at radius 3 is 2.95 bits per heavy atom. The summed E-state index contributed by atoms with van der Waals surface area (Å²) in [5.74, 6) is 0. The lowest BCUT2D eigenvalue weighted by Gasteiger charge is -2.02. The molecule has 3 aromatic heterocycles. The summed E-state index contributed by atoms with van der Waals surface area (Å²) in [4.78, 5) is 20.2. The first-order chi connectivity index (χ1) is 10.2. The van der Waals surface area contributed by atoms with E-state index in [1.165, 1.54) is 11.3 Å². The van der Waals surface area contributed by atoms with Gasteiger partial charge in [0.25, 0.3) is 0 Å². The number of urea groups is 1. The average Bonchev–Trinajstić information content (AvgIpc) is 3.09. The summed E-state index contributed by atoms with van der Waals surface area (Å²) in [6.07, 6.45) is 6.72. The normalized spacial score (nSPS) is 10.3. The lowest BCUT2D eigenvalue weighted by Crippen LogP contribution is -2.18. The van der Waals surface area contributed by atoms with Crippen molar-refractivity contribution >= 4 is 28.2 Å². The van der Waals surface area contributed by atoms with E-state index in [0.717, 1.165) is 11.3 Å². The van der Waals surface area contributed by atoms with E-state index in [1.54, 1.807) is 36.5 Å². The zero-order valence-corrected chi connectivity index (χ0v) is 12.0. The Morgan fingerprint density at radius 1 is 1.33 bits per heavy atom. The smallest absolute Gasteiger partial charge is 0.305 e. The highest BCUT2D eigenvalue weighted by atomic mass is 32.1. The largest absolute Gasteiger partial charge is 0.325 e. The molecule has 3 heterocycles. The number of aryl methyl sites for hydroxylation is 1. The van der Waals surface area contributed by atoms with Gasteiger partial charge in [-0.2, -0.15) is 5.10 Å². The first kappa shape index (κ1) is 13.3. The molecule has 21 heavy (non-hydrogen) atoms. The Hall–Kier alpha value is -2.74. The number of carbonyl (C=O) groups is 1.